The lowest BCUT2D eigenvalue weighted by Gasteiger charge is -2.55. The fraction of sp³-hybridized carbons (Fsp3) is 0.906. The molecule has 2 rings (SSSR count). The van der Waals surface area contributed by atoms with Crippen molar-refractivity contribution in [1.29, 1.82) is 0 Å². The maximum absolute atomic E-state index is 12.3. The van der Waals surface area contributed by atoms with Crippen molar-refractivity contribution in [2.24, 2.45) is 0 Å². The van der Waals surface area contributed by atoms with Crippen LogP contribution in [-0.2, 0) is 32.3 Å². The van der Waals surface area contributed by atoms with E-state index in [1.165, 1.54) is 7.11 Å². The summed E-state index contributed by atoms with van der Waals surface area (Å²) >= 11 is 2.11. The van der Waals surface area contributed by atoms with Gasteiger partial charge in [0, 0.05) is 22.6 Å². The highest BCUT2D eigenvalue weighted by Gasteiger charge is 2.58. The second kappa shape index (κ2) is 14.1. The second-order valence-electron chi connectivity index (χ2n) is 16.9. The lowest BCUT2D eigenvalue weighted by molar-refractivity contribution is -0.266. The molecule has 4 unspecified atom stereocenters. The quantitative estimate of drug-likeness (QED) is 0.101. The van der Waals surface area contributed by atoms with E-state index < -0.39 is 49.4 Å². The molecule has 2 heterocycles. The molecule has 11 heteroatoms. The zero-order valence-electron chi connectivity index (χ0n) is 29.9. The number of carbonyl (C=O) groups excluding carboxylic acids is 1. The Morgan fingerprint density at radius 1 is 0.814 bits per heavy atom. The maximum atomic E-state index is 12.3. The lowest BCUT2D eigenvalue weighted by Crippen LogP contribution is -2.69. The van der Waals surface area contributed by atoms with Crippen LogP contribution in [0.25, 0.3) is 0 Å². The van der Waals surface area contributed by atoms with Gasteiger partial charge in [0.2, 0.25) is 0 Å². The monoisotopic (exact) mass is 768 g/mol. The summed E-state index contributed by atoms with van der Waals surface area (Å²) in [5.41, 5.74) is 0. The van der Waals surface area contributed by atoms with E-state index in [-0.39, 0.29) is 45.8 Å². The third-order valence-electron chi connectivity index (χ3n) is 10.6. The highest BCUT2D eigenvalue weighted by atomic mass is 127. The molecule has 0 aromatic carbocycles. The SMILES string of the molecule is COC(=O)C[C@H]1CC[C@@H]2O[C@@H](C(C#CI)O[Si](C)(C)C(C)(C)C)C(O[Si](C)(C)C(C)(C)C)C(O[Si](C)(C)C(C)(C)C)C2O1. The normalized spacial score (nSPS) is 28.4. The summed E-state index contributed by atoms with van der Waals surface area (Å²) in [6, 6.07) is 0. The Morgan fingerprint density at radius 2 is 1.30 bits per heavy atom. The van der Waals surface area contributed by atoms with Gasteiger partial charge >= 0.3 is 5.97 Å². The number of hydrogen-bond donors (Lipinski definition) is 0. The largest absolute Gasteiger partial charge is 0.469 e. The average Bonchev–Trinajstić information content (AvgIpc) is 2.82. The standard InChI is InChI=1S/C32H61IO7Si3/c1-30(2,3)41(11,12)38-24(19-20-33)27-29(40-43(15,16)32(7,8)9)28(39-42(13,14)31(4,5)6)26-23(37-27)18-17-22(36-26)21-25(34)35-10/h22-24,26-29H,17-18,21H2,1-16H3/t22-,23+,24?,26?,27+,28?,29?/m1/s1. The van der Waals surface area contributed by atoms with Crippen LogP contribution in [0.15, 0.2) is 0 Å². The average molecular weight is 769 g/mol. The van der Waals surface area contributed by atoms with Gasteiger partial charge in [-0.1, -0.05) is 68.2 Å². The van der Waals surface area contributed by atoms with Crippen molar-refractivity contribution < 1.29 is 32.3 Å². The van der Waals surface area contributed by atoms with E-state index in [1.54, 1.807) is 0 Å². The third-order valence-corrected chi connectivity index (χ3v) is 24.3. The minimum atomic E-state index is -2.34. The van der Waals surface area contributed by atoms with E-state index in [4.69, 9.17) is 27.5 Å². The summed E-state index contributed by atoms with van der Waals surface area (Å²) in [6.45, 7) is 33.9. The zero-order valence-corrected chi connectivity index (χ0v) is 35.1. The Labute approximate surface area is 280 Å². The number of ether oxygens (including phenoxy) is 3. The molecule has 43 heavy (non-hydrogen) atoms. The van der Waals surface area contributed by atoms with Gasteiger partial charge in [-0.15, -0.1) is 0 Å². The number of rotatable bonds is 9. The van der Waals surface area contributed by atoms with Gasteiger partial charge in [0.25, 0.3) is 0 Å². The topological polar surface area (TPSA) is 72.5 Å². The van der Waals surface area contributed by atoms with Gasteiger partial charge in [-0.3, -0.25) is 4.79 Å². The van der Waals surface area contributed by atoms with Crippen molar-refractivity contribution in [2.75, 3.05) is 7.11 Å². The molecule has 0 bridgehead atoms. The molecular weight excluding hydrogens is 708 g/mol. The van der Waals surface area contributed by atoms with Crippen LogP contribution in [0, 0.1) is 9.85 Å². The number of fused-ring (bicyclic) bond motifs is 1. The molecule has 2 fully saturated rings. The van der Waals surface area contributed by atoms with Crippen molar-refractivity contribution in [3.05, 3.63) is 0 Å². The zero-order chi connectivity index (χ0) is 33.4. The fourth-order valence-corrected chi connectivity index (χ4v) is 8.76. The van der Waals surface area contributed by atoms with Crippen LogP contribution in [0.2, 0.25) is 54.4 Å². The highest BCUT2D eigenvalue weighted by Crippen LogP contribution is 2.47. The van der Waals surface area contributed by atoms with Crippen LogP contribution < -0.4 is 0 Å². The summed E-state index contributed by atoms with van der Waals surface area (Å²) in [4.78, 5) is 12.3. The summed E-state index contributed by atoms with van der Waals surface area (Å²) in [7, 11) is -5.46. The molecule has 0 N–H and O–H groups in total. The van der Waals surface area contributed by atoms with E-state index >= 15 is 0 Å². The molecular formula is C32H61IO7Si3. The number of carbonyl (C=O) groups is 1. The van der Waals surface area contributed by atoms with Crippen LogP contribution in [0.1, 0.15) is 81.6 Å². The predicted molar refractivity (Wildman–Crippen MR) is 191 cm³/mol. The first-order valence-electron chi connectivity index (χ1n) is 15.8. The minimum Gasteiger partial charge on any atom is -0.469 e. The van der Waals surface area contributed by atoms with E-state index in [9.17, 15) is 4.79 Å². The van der Waals surface area contributed by atoms with Gasteiger partial charge in [0.05, 0.1) is 25.7 Å². The minimum absolute atomic E-state index is 0.00269. The number of methoxy groups -OCH3 is 1. The van der Waals surface area contributed by atoms with Gasteiger partial charge < -0.3 is 27.5 Å². The van der Waals surface area contributed by atoms with Gasteiger partial charge in [0.15, 0.2) is 25.0 Å². The molecule has 0 aliphatic carbocycles. The molecule has 0 amide bonds. The first-order valence-corrected chi connectivity index (χ1v) is 25.6. The van der Waals surface area contributed by atoms with Gasteiger partial charge in [0.1, 0.15) is 30.5 Å². The number of esters is 1. The Balaban J connectivity index is 2.74. The molecule has 2 aliphatic rings. The molecule has 250 valence electrons. The second-order valence-corrected chi connectivity index (χ2v) is 31.8. The highest BCUT2D eigenvalue weighted by molar-refractivity contribution is 14.1. The van der Waals surface area contributed by atoms with E-state index in [1.807, 2.05) is 0 Å². The first-order chi connectivity index (χ1) is 19.3. The van der Waals surface area contributed by atoms with Crippen LogP contribution in [-0.4, -0.2) is 80.8 Å². The van der Waals surface area contributed by atoms with E-state index in [0.717, 1.165) is 6.42 Å². The predicted octanol–water partition coefficient (Wildman–Crippen LogP) is 8.43. The smallest absolute Gasteiger partial charge is 0.308 e. The molecule has 0 spiro atoms. The van der Waals surface area contributed by atoms with Crippen molar-refractivity contribution in [3.8, 4) is 9.85 Å². The van der Waals surface area contributed by atoms with Gasteiger partial charge in [-0.05, 0) is 71.2 Å². The van der Waals surface area contributed by atoms with Crippen LogP contribution in [0.5, 0.6) is 0 Å². The van der Waals surface area contributed by atoms with Crippen LogP contribution in [0.3, 0.4) is 0 Å². The van der Waals surface area contributed by atoms with Crippen LogP contribution in [0.4, 0.5) is 0 Å². The summed E-state index contributed by atoms with van der Waals surface area (Å²) in [6.07, 6.45) is -1.01. The molecule has 0 saturated carbocycles. The number of hydrogen-bond acceptors (Lipinski definition) is 7. The Bertz CT molecular complexity index is 1020. The van der Waals surface area contributed by atoms with Gasteiger partial charge in [-0.2, -0.15) is 0 Å². The molecule has 0 aromatic rings. The Kier molecular flexibility index (Phi) is 12.9. The van der Waals surface area contributed by atoms with Crippen LogP contribution >= 0.6 is 22.6 Å². The molecule has 7 atom stereocenters. The maximum Gasteiger partial charge on any atom is 0.308 e. The first kappa shape index (κ1) is 39.4. The summed E-state index contributed by atoms with van der Waals surface area (Å²) < 4.78 is 43.6. The van der Waals surface area contributed by atoms with Crippen molar-refractivity contribution in [2.45, 2.75) is 179 Å². The number of halogens is 1. The summed E-state index contributed by atoms with van der Waals surface area (Å²) in [5, 5.41) is -0.0737. The van der Waals surface area contributed by atoms with Gasteiger partial charge in [-0.25, -0.2) is 0 Å². The molecule has 0 radical (unpaired) electrons. The molecule has 0 aromatic heterocycles. The Morgan fingerprint density at radius 3 is 1.74 bits per heavy atom. The van der Waals surface area contributed by atoms with E-state index in [2.05, 4.69) is 134 Å². The third kappa shape index (κ3) is 9.62. The Hall–Kier alpha value is 0.211. The lowest BCUT2D eigenvalue weighted by atomic mass is 9.87. The van der Waals surface area contributed by atoms with Crippen molar-refractivity contribution in [3.63, 3.8) is 0 Å². The van der Waals surface area contributed by atoms with Crippen molar-refractivity contribution >= 4 is 53.5 Å². The fourth-order valence-electron chi connectivity index (χ4n) is 4.67. The summed E-state index contributed by atoms with van der Waals surface area (Å²) in [5.74, 6) is 3.13. The van der Waals surface area contributed by atoms with Crippen molar-refractivity contribution in [1.82, 2.24) is 0 Å². The van der Waals surface area contributed by atoms with E-state index in [0.29, 0.717) is 6.42 Å². The molecule has 2 aliphatic heterocycles. The molecule has 2 saturated heterocycles. The molecule has 7 nitrogen and oxygen atoms in total.